The van der Waals surface area contributed by atoms with Crippen LogP contribution >= 0.6 is 0 Å². The lowest BCUT2D eigenvalue weighted by molar-refractivity contribution is -0.114. The first kappa shape index (κ1) is 19.2. The maximum Gasteiger partial charge on any atom is 0.274 e. The van der Waals surface area contributed by atoms with Crippen LogP contribution in [-0.4, -0.2) is 28.3 Å². The Morgan fingerprint density at radius 1 is 0.885 bits per heavy atom. The smallest absolute Gasteiger partial charge is 0.274 e. The van der Waals surface area contributed by atoms with Crippen molar-refractivity contribution in [3.63, 3.8) is 0 Å². The van der Waals surface area contributed by atoms with Crippen molar-refractivity contribution < 1.29 is 14.4 Å². The molecule has 26 heavy (non-hydrogen) atoms. The van der Waals surface area contributed by atoms with Crippen LogP contribution in [0, 0.1) is 0 Å². The molecule has 6 heteroatoms. The van der Waals surface area contributed by atoms with Gasteiger partial charge >= 0.3 is 0 Å². The molecule has 0 aromatic heterocycles. The summed E-state index contributed by atoms with van der Waals surface area (Å²) in [5.74, 6) is -1.07. The summed E-state index contributed by atoms with van der Waals surface area (Å²) in [7, 11) is 0. The van der Waals surface area contributed by atoms with E-state index in [9.17, 15) is 14.4 Å². The van der Waals surface area contributed by atoms with Gasteiger partial charge in [0.2, 0.25) is 5.91 Å². The van der Waals surface area contributed by atoms with E-state index in [1.54, 1.807) is 48.5 Å². The summed E-state index contributed by atoms with van der Waals surface area (Å²) < 4.78 is 0. The number of hydrogen-bond donors (Lipinski definition) is 2. The molecule has 0 aliphatic carbocycles. The van der Waals surface area contributed by atoms with Crippen LogP contribution in [0.1, 0.15) is 48.4 Å². The predicted octanol–water partition coefficient (Wildman–Crippen LogP) is 3.23. The molecule has 2 aromatic carbocycles. The molecule has 0 atom stereocenters. The molecule has 0 saturated heterocycles. The summed E-state index contributed by atoms with van der Waals surface area (Å²) in [6, 6.07) is 15.4. The van der Waals surface area contributed by atoms with E-state index in [0.29, 0.717) is 16.8 Å². The van der Waals surface area contributed by atoms with Crippen LogP contribution in [0.15, 0.2) is 54.6 Å². The lowest BCUT2D eigenvalue weighted by atomic mass is 10.1. The minimum Gasteiger partial charge on any atom is -0.326 e. The summed E-state index contributed by atoms with van der Waals surface area (Å²) in [6.07, 6.45) is 0. The van der Waals surface area contributed by atoms with Crippen molar-refractivity contribution in [2.75, 3.05) is 5.32 Å². The molecule has 0 unspecified atom stereocenters. The number of nitrogens with zero attached hydrogens (tertiary/aromatic N) is 1. The highest BCUT2D eigenvalue weighted by Crippen LogP contribution is 2.21. The van der Waals surface area contributed by atoms with Crippen molar-refractivity contribution in [1.82, 2.24) is 10.4 Å². The highest BCUT2D eigenvalue weighted by atomic mass is 16.2. The number of carbonyl (C=O) groups excluding carboxylic acids is 3. The van der Waals surface area contributed by atoms with Gasteiger partial charge in [0.05, 0.1) is 16.8 Å². The Labute approximate surface area is 153 Å². The topological polar surface area (TPSA) is 78.5 Å². The zero-order valence-electron chi connectivity index (χ0n) is 15.4. The normalized spacial score (nSPS) is 10.8. The Morgan fingerprint density at radius 3 is 2.04 bits per heavy atom. The van der Waals surface area contributed by atoms with Gasteiger partial charge in [-0.3, -0.25) is 19.8 Å². The molecule has 0 saturated carbocycles. The average Bonchev–Trinajstić information content (AvgIpc) is 2.58. The molecule has 3 amide bonds. The molecule has 0 fully saturated rings. The Kier molecular flexibility index (Phi) is 5.77. The van der Waals surface area contributed by atoms with Gasteiger partial charge in [-0.25, -0.2) is 5.01 Å². The van der Waals surface area contributed by atoms with Crippen LogP contribution in [0.25, 0.3) is 0 Å². The van der Waals surface area contributed by atoms with Crippen molar-refractivity contribution in [3.8, 4) is 0 Å². The van der Waals surface area contributed by atoms with E-state index in [-0.39, 0.29) is 11.8 Å². The second-order valence-corrected chi connectivity index (χ2v) is 6.85. The number of amides is 3. The van der Waals surface area contributed by atoms with Crippen LogP contribution in [0.4, 0.5) is 5.69 Å². The first-order chi connectivity index (χ1) is 12.2. The lowest BCUT2D eigenvalue weighted by Crippen LogP contribution is -2.56. The van der Waals surface area contributed by atoms with Gasteiger partial charge in [0, 0.05) is 12.5 Å². The quantitative estimate of drug-likeness (QED) is 0.832. The number of benzene rings is 2. The standard InChI is InChI=1S/C20H23N3O3/c1-14(24)21-17-13-9-8-12-16(17)19(26)23(20(2,3)4)22-18(25)15-10-6-5-7-11-15/h5-13H,1-4H3,(H,21,24)(H,22,25). The molecule has 0 aliphatic rings. The monoisotopic (exact) mass is 353 g/mol. The minimum absolute atomic E-state index is 0.277. The second-order valence-electron chi connectivity index (χ2n) is 6.85. The maximum absolute atomic E-state index is 13.1. The summed E-state index contributed by atoms with van der Waals surface area (Å²) in [4.78, 5) is 37.1. The highest BCUT2D eigenvalue weighted by molar-refractivity contribution is 6.05. The molecule has 2 N–H and O–H groups in total. The fourth-order valence-electron chi connectivity index (χ4n) is 2.37. The predicted molar refractivity (Wildman–Crippen MR) is 101 cm³/mol. The van der Waals surface area contributed by atoms with Gasteiger partial charge in [-0.1, -0.05) is 30.3 Å². The summed E-state index contributed by atoms with van der Waals surface area (Å²) in [6.45, 7) is 6.82. The molecule has 0 bridgehead atoms. The molecular formula is C20H23N3O3. The van der Waals surface area contributed by atoms with Crippen molar-refractivity contribution in [2.24, 2.45) is 0 Å². The first-order valence-electron chi connectivity index (χ1n) is 8.27. The number of nitrogens with one attached hydrogen (secondary N) is 2. The number of carbonyl (C=O) groups is 3. The van der Waals surface area contributed by atoms with Crippen LogP contribution in [0.2, 0.25) is 0 Å². The van der Waals surface area contributed by atoms with Gasteiger partial charge in [0.15, 0.2) is 0 Å². The molecule has 2 aromatic rings. The SMILES string of the molecule is CC(=O)Nc1ccccc1C(=O)N(NC(=O)c1ccccc1)C(C)(C)C. The third kappa shape index (κ3) is 4.69. The van der Waals surface area contributed by atoms with E-state index in [1.165, 1.54) is 11.9 Å². The molecule has 0 spiro atoms. The second kappa shape index (κ2) is 7.82. The summed E-state index contributed by atoms with van der Waals surface area (Å²) >= 11 is 0. The van der Waals surface area contributed by atoms with E-state index in [2.05, 4.69) is 10.7 Å². The fourth-order valence-corrected chi connectivity index (χ4v) is 2.37. The lowest BCUT2D eigenvalue weighted by Gasteiger charge is -2.35. The third-order valence-corrected chi connectivity index (χ3v) is 3.59. The molecule has 2 rings (SSSR count). The maximum atomic E-state index is 13.1. The zero-order valence-corrected chi connectivity index (χ0v) is 15.4. The van der Waals surface area contributed by atoms with Crippen LogP contribution in [0.3, 0.4) is 0 Å². The van der Waals surface area contributed by atoms with E-state index in [4.69, 9.17) is 0 Å². The highest BCUT2D eigenvalue weighted by Gasteiger charge is 2.30. The number of hydrazine groups is 1. The average molecular weight is 353 g/mol. The molecule has 136 valence electrons. The molecular weight excluding hydrogens is 330 g/mol. The van der Waals surface area contributed by atoms with Crippen LogP contribution in [0.5, 0.6) is 0 Å². The molecule has 0 radical (unpaired) electrons. The van der Waals surface area contributed by atoms with E-state index in [1.807, 2.05) is 26.8 Å². The Bertz CT molecular complexity index is 811. The van der Waals surface area contributed by atoms with Gasteiger partial charge in [0.1, 0.15) is 0 Å². The number of hydrogen-bond acceptors (Lipinski definition) is 3. The van der Waals surface area contributed by atoms with Crippen molar-refractivity contribution in [1.29, 1.82) is 0 Å². The van der Waals surface area contributed by atoms with Gasteiger partial charge in [-0.05, 0) is 45.0 Å². The number of rotatable bonds is 3. The number of para-hydroxylation sites is 1. The molecule has 0 heterocycles. The Hall–Kier alpha value is -3.15. The first-order valence-corrected chi connectivity index (χ1v) is 8.27. The van der Waals surface area contributed by atoms with E-state index < -0.39 is 11.4 Å². The minimum atomic E-state index is -0.676. The summed E-state index contributed by atoms with van der Waals surface area (Å²) in [5.41, 5.74) is 3.15. The van der Waals surface area contributed by atoms with Gasteiger partial charge in [-0.2, -0.15) is 0 Å². The van der Waals surface area contributed by atoms with Gasteiger partial charge in [-0.15, -0.1) is 0 Å². The van der Waals surface area contributed by atoms with Gasteiger partial charge < -0.3 is 5.32 Å². The largest absolute Gasteiger partial charge is 0.326 e. The molecule has 6 nitrogen and oxygen atoms in total. The fraction of sp³-hybridized carbons (Fsp3) is 0.250. The van der Waals surface area contributed by atoms with Crippen molar-refractivity contribution in [2.45, 2.75) is 33.2 Å². The zero-order chi connectivity index (χ0) is 19.3. The third-order valence-electron chi connectivity index (χ3n) is 3.59. The van der Waals surface area contributed by atoms with Gasteiger partial charge in [0.25, 0.3) is 11.8 Å². The summed E-state index contributed by atoms with van der Waals surface area (Å²) in [5, 5.41) is 3.93. The number of anilines is 1. The van der Waals surface area contributed by atoms with Crippen LogP contribution < -0.4 is 10.7 Å². The van der Waals surface area contributed by atoms with E-state index in [0.717, 1.165) is 0 Å². The van der Waals surface area contributed by atoms with Crippen molar-refractivity contribution >= 4 is 23.4 Å². The van der Waals surface area contributed by atoms with Crippen molar-refractivity contribution in [3.05, 3.63) is 65.7 Å². The van der Waals surface area contributed by atoms with Crippen LogP contribution in [-0.2, 0) is 4.79 Å². The Morgan fingerprint density at radius 2 is 1.46 bits per heavy atom. The Balaban J connectivity index is 2.35. The molecule has 0 aliphatic heterocycles. The van der Waals surface area contributed by atoms with E-state index >= 15 is 0 Å².